The Kier molecular flexibility index (Phi) is 9.55. The molecule has 3 heteroatoms. The van der Waals surface area contributed by atoms with E-state index in [4.69, 9.17) is 9.97 Å². The third-order valence-electron chi connectivity index (χ3n) is 12.9. The molecule has 11 aromatic carbocycles. The number of hydrogen-bond acceptors (Lipinski definition) is 3. The van der Waals surface area contributed by atoms with Crippen LogP contribution in [-0.2, 0) is 0 Å². The number of aromatic nitrogens is 2. The molecule has 0 spiro atoms. The van der Waals surface area contributed by atoms with Crippen LogP contribution in [0.5, 0.6) is 0 Å². The van der Waals surface area contributed by atoms with E-state index < -0.39 is 0 Å². The molecule has 0 fully saturated rings. The number of fused-ring (bicyclic) bond motifs is 5. The maximum absolute atomic E-state index is 9.25. The van der Waals surface area contributed by atoms with E-state index in [9.17, 15) is 5.26 Å². The van der Waals surface area contributed by atoms with Crippen molar-refractivity contribution in [2.24, 2.45) is 0 Å². The lowest BCUT2D eigenvalue weighted by molar-refractivity contribution is 1.18. The van der Waals surface area contributed by atoms with Gasteiger partial charge in [-0.2, -0.15) is 5.26 Å². The van der Waals surface area contributed by atoms with Crippen molar-refractivity contribution in [2.75, 3.05) is 0 Å². The zero-order chi connectivity index (χ0) is 44.0. The van der Waals surface area contributed by atoms with Crippen LogP contribution < -0.4 is 0 Å². The normalized spacial score (nSPS) is 11.3. The Balaban J connectivity index is 0.905. The lowest BCUT2D eigenvalue weighted by Crippen LogP contribution is -1.96. The van der Waals surface area contributed by atoms with Crippen molar-refractivity contribution >= 4 is 43.1 Å². The van der Waals surface area contributed by atoms with Gasteiger partial charge in [0.05, 0.1) is 23.0 Å². The molecular weight excluding hydrogens is 799 g/mol. The van der Waals surface area contributed by atoms with E-state index in [1.165, 1.54) is 65.7 Å². The summed E-state index contributed by atoms with van der Waals surface area (Å²) in [5.74, 6) is 0.680. The number of nitrogens with zero attached hydrogens (tertiary/aromatic N) is 3. The van der Waals surface area contributed by atoms with Crippen LogP contribution in [-0.4, -0.2) is 9.97 Å². The SMILES string of the molecule is N#Cc1ccc(-c2ccc(-c3cc(-c4ccc5cc(-c6ccc(-c7c8ccccc8c(-c8ccccc8)c8ccc9ccccc9c78)cc6)ccc5c4)nc(-c4ccccc4)n3)cc2)cc1. The molecule has 0 radical (unpaired) electrons. The first-order chi connectivity index (χ1) is 32.6. The molecule has 0 aliphatic carbocycles. The van der Waals surface area contributed by atoms with Gasteiger partial charge in [0, 0.05) is 16.7 Å². The van der Waals surface area contributed by atoms with Gasteiger partial charge in [0.1, 0.15) is 0 Å². The Labute approximate surface area is 383 Å². The predicted molar refractivity (Wildman–Crippen MR) is 275 cm³/mol. The smallest absolute Gasteiger partial charge is 0.160 e. The highest BCUT2D eigenvalue weighted by molar-refractivity contribution is 6.28. The van der Waals surface area contributed by atoms with E-state index in [1.807, 2.05) is 42.5 Å². The first-order valence-corrected chi connectivity index (χ1v) is 22.3. The van der Waals surface area contributed by atoms with E-state index in [-0.39, 0.29) is 0 Å². The van der Waals surface area contributed by atoms with Crippen LogP contribution in [0.1, 0.15) is 5.56 Å². The summed E-state index contributed by atoms with van der Waals surface area (Å²) in [5.41, 5.74) is 14.8. The molecule has 1 heterocycles. The molecule has 0 saturated heterocycles. The van der Waals surface area contributed by atoms with Crippen molar-refractivity contribution in [2.45, 2.75) is 0 Å². The summed E-state index contributed by atoms with van der Waals surface area (Å²) in [5, 5.41) is 19.1. The third-order valence-corrected chi connectivity index (χ3v) is 12.9. The second-order valence-electron chi connectivity index (χ2n) is 16.8. The molecule has 1 aromatic heterocycles. The fraction of sp³-hybridized carbons (Fsp3) is 0. The lowest BCUT2D eigenvalue weighted by Gasteiger charge is -2.19. The maximum atomic E-state index is 9.25. The second-order valence-corrected chi connectivity index (χ2v) is 16.8. The Morgan fingerprint density at radius 3 is 1.41 bits per heavy atom. The van der Waals surface area contributed by atoms with Gasteiger partial charge in [0.15, 0.2) is 5.82 Å². The third kappa shape index (κ3) is 6.95. The molecule has 0 amide bonds. The van der Waals surface area contributed by atoms with E-state index in [1.54, 1.807) is 0 Å². The molecular formula is C63H39N3. The molecule has 0 bridgehead atoms. The number of benzene rings is 11. The van der Waals surface area contributed by atoms with Gasteiger partial charge >= 0.3 is 0 Å². The predicted octanol–water partition coefficient (Wildman–Crippen LogP) is 16.6. The molecule has 66 heavy (non-hydrogen) atoms. The molecule has 0 atom stereocenters. The number of hydrogen-bond donors (Lipinski definition) is 0. The van der Waals surface area contributed by atoms with Crippen molar-refractivity contribution in [1.29, 1.82) is 5.26 Å². The maximum Gasteiger partial charge on any atom is 0.160 e. The summed E-state index contributed by atoms with van der Waals surface area (Å²) in [6.45, 7) is 0. The molecule has 0 N–H and O–H groups in total. The summed E-state index contributed by atoms with van der Waals surface area (Å²) in [4.78, 5) is 10.2. The average Bonchev–Trinajstić information content (AvgIpc) is 3.40. The van der Waals surface area contributed by atoms with Crippen LogP contribution in [0.2, 0.25) is 0 Å². The minimum atomic E-state index is 0.649. The molecule has 12 rings (SSSR count). The van der Waals surface area contributed by atoms with Crippen LogP contribution in [0.25, 0.3) is 122 Å². The Hall–Kier alpha value is -8.97. The number of nitriles is 1. The monoisotopic (exact) mass is 837 g/mol. The summed E-state index contributed by atoms with van der Waals surface area (Å²) in [6, 6.07) is 86.1. The lowest BCUT2D eigenvalue weighted by atomic mass is 9.84. The second kappa shape index (κ2) is 16.3. The number of rotatable bonds is 7. The van der Waals surface area contributed by atoms with Crippen molar-refractivity contribution in [3.05, 3.63) is 242 Å². The van der Waals surface area contributed by atoms with Gasteiger partial charge in [-0.3, -0.25) is 0 Å². The molecule has 0 aliphatic rings. The average molecular weight is 838 g/mol. The zero-order valence-electron chi connectivity index (χ0n) is 35.9. The Morgan fingerprint density at radius 1 is 0.288 bits per heavy atom. The van der Waals surface area contributed by atoms with Gasteiger partial charge in [0.25, 0.3) is 0 Å². The molecule has 0 aliphatic heterocycles. The summed E-state index contributed by atoms with van der Waals surface area (Å²) >= 11 is 0. The van der Waals surface area contributed by atoms with Crippen molar-refractivity contribution in [1.82, 2.24) is 9.97 Å². The highest BCUT2D eigenvalue weighted by Gasteiger charge is 2.19. The van der Waals surface area contributed by atoms with Crippen LogP contribution in [0.15, 0.2) is 237 Å². The highest BCUT2D eigenvalue weighted by Crippen LogP contribution is 2.46. The van der Waals surface area contributed by atoms with E-state index >= 15 is 0 Å². The topological polar surface area (TPSA) is 49.6 Å². The van der Waals surface area contributed by atoms with Gasteiger partial charge in [-0.1, -0.05) is 206 Å². The Bertz CT molecular complexity index is 3830. The van der Waals surface area contributed by atoms with Gasteiger partial charge in [0.2, 0.25) is 0 Å². The molecule has 3 nitrogen and oxygen atoms in total. The first-order valence-electron chi connectivity index (χ1n) is 22.3. The standard InChI is InChI=1S/C63H39N3/c64-40-41-19-21-42(22-20-41)43-23-27-46(28-24-43)58-39-59(66-63(65-58)49-14-5-2-6-15-49)53-34-33-51-37-50(31-32-52(51)38-53)44-25-29-48(30-26-44)61-56-18-10-9-17-55(56)60(47-12-3-1-4-13-47)57-36-35-45-11-7-8-16-54(45)62(57)61/h1-39H. The molecule has 0 saturated carbocycles. The quantitative estimate of drug-likeness (QED) is 0.119. The molecule has 0 unspecified atom stereocenters. The van der Waals surface area contributed by atoms with E-state index in [2.05, 4.69) is 200 Å². The summed E-state index contributed by atoms with van der Waals surface area (Å²) in [7, 11) is 0. The van der Waals surface area contributed by atoms with Gasteiger partial charge in [-0.05, 0) is 118 Å². The van der Waals surface area contributed by atoms with Crippen LogP contribution in [0.3, 0.4) is 0 Å². The van der Waals surface area contributed by atoms with Gasteiger partial charge in [-0.15, -0.1) is 0 Å². The molecule has 12 aromatic rings. The molecule has 306 valence electrons. The minimum absolute atomic E-state index is 0.649. The Morgan fingerprint density at radius 2 is 0.742 bits per heavy atom. The summed E-state index contributed by atoms with van der Waals surface area (Å²) < 4.78 is 0. The van der Waals surface area contributed by atoms with Gasteiger partial charge in [-0.25, -0.2) is 9.97 Å². The fourth-order valence-electron chi connectivity index (χ4n) is 9.61. The van der Waals surface area contributed by atoms with Crippen LogP contribution in [0, 0.1) is 11.3 Å². The first kappa shape index (κ1) is 38.7. The van der Waals surface area contributed by atoms with E-state index in [0.717, 1.165) is 50.0 Å². The van der Waals surface area contributed by atoms with Crippen LogP contribution in [0.4, 0.5) is 0 Å². The van der Waals surface area contributed by atoms with E-state index in [0.29, 0.717) is 11.4 Å². The van der Waals surface area contributed by atoms with Crippen molar-refractivity contribution in [3.63, 3.8) is 0 Å². The highest BCUT2D eigenvalue weighted by atomic mass is 14.9. The van der Waals surface area contributed by atoms with Gasteiger partial charge < -0.3 is 0 Å². The minimum Gasteiger partial charge on any atom is -0.228 e. The largest absolute Gasteiger partial charge is 0.228 e. The van der Waals surface area contributed by atoms with Crippen LogP contribution >= 0.6 is 0 Å². The van der Waals surface area contributed by atoms with Crippen molar-refractivity contribution < 1.29 is 0 Å². The summed E-state index contributed by atoms with van der Waals surface area (Å²) in [6.07, 6.45) is 0. The van der Waals surface area contributed by atoms with Crippen molar-refractivity contribution in [3.8, 4) is 84.5 Å². The zero-order valence-corrected chi connectivity index (χ0v) is 35.9. The fourth-order valence-corrected chi connectivity index (χ4v) is 9.61.